The van der Waals surface area contributed by atoms with Crippen LogP contribution in [0.25, 0.3) is 0 Å². The van der Waals surface area contributed by atoms with Crippen molar-refractivity contribution in [3.63, 3.8) is 0 Å². The zero-order chi connectivity index (χ0) is 30.9. The lowest BCUT2D eigenvalue weighted by molar-refractivity contribution is -0.146. The van der Waals surface area contributed by atoms with E-state index in [0.717, 1.165) is 55.2 Å². The fourth-order valence-corrected chi connectivity index (χ4v) is 5.49. The summed E-state index contributed by atoms with van der Waals surface area (Å²) in [6, 6.07) is 4.29. The van der Waals surface area contributed by atoms with E-state index in [1.807, 2.05) is 52.8 Å². The van der Waals surface area contributed by atoms with Crippen LogP contribution in [-0.2, 0) is 14.3 Å². The van der Waals surface area contributed by atoms with Crippen molar-refractivity contribution in [1.29, 1.82) is 0 Å². The van der Waals surface area contributed by atoms with Gasteiger partial charge in [-0.2, -0.15) is 0 Å². The number of ether oxygens (including phenoxy) is 1. The smallest absolute Gasteiger partial charge is 0.408 e. The molecule has 3 amide bonds. The largest absolute Gasteiger partial charge is 0.444 e. The third-order valence-corrected chi connectivity index (χ3v) is 8.37. The first-order valence-electron chi connectivity index (χ1n) is 15.8. The summed E-state index contributed by atoms with van der Waals surface area (Å²) >= 11 is 0. The van der Waals surface area contributed by atoms with E-state index in [1.165, 1.54) is 6.42 Å². The van der Waals surface area contributed by atoms with Gasteiger partial charge in [0.1, 0.15) is 17.7 Å². The van der Waals surface area contributed by atoms with Crippen LogP contribution in [0, 0.1) is 25.7 Å². The van der Waals surface area contributed by atoms with Crippen LogP contribution in [0.2, 0.25) is 0 Å². The Morgan fingerprint density at radius 1 is 0.976 bits per heavy atom. The van der Waals surface area contributed by atoms with Crippen LogP contribution in [0.5, 0.6) is 0 Å². The molecule has 0 aliphatic heterocycles. The van der Waals surface area contributed by atoms with E-state index < -0.39 is 23.8 Å². The van der Waals surface area contributed by atoms with Crippen LogP contribution in [0.4, 0.5) is 4.79 Å². The first kappa shape index (κ1) is 34.6. The molecule has 0 radical (unpaired) electrons. The second-order valence-electron chi connectivity index (χ2n) is 13.7. The maximum Gasteiger partial charge on any atom is 0.408 e. The fourth-order valence-electron chi connectivity index (χ4n) is 5.49. The number of nitrogens with zero attached hydrogens (tertiary/aromatic N) is 1. The highest BCUT2D eigenvalue weighted by Gasteiger charge is 2.41. The van der Waals surface area contributed by atoms with Gasteiger partial charge in [-0.25, -0.2) is 4.79 Å². The minimum absolute atomic E-state index is 0.110. The first-order chi connectivity index (χ1) is 19.1. The molecule has 4 unspecified atom stereocenters. The minimum atomic E-state index is -0.826. The molecule has 0 bridgehead atoms. The van der Waals surface area contributed by atoms with E-state index in [2.05, 4.69) is 24.5 Å². The van der Waals surface area contributed by atoms with Crippen molar-refractivity contribution in [2.45, 2.75) is 150 Å². The molecular weight excluding hydrogens is 514 g/mol. The summed E-state index contributed by atoms with van der Waals surface area (Å²) in [5.74, 6) is -0.0963. The number of amides is 3. The predicted octanol–water partition coefficient (Wildman–Crippen LogP) is 7.39. The van der Waals surface area contributed by atoms with Crippen LogP contribution in [0.15, 0.2) is 18.2 Å². The molecule has 4 atom stereocenters. The van der Waals surface area contributed by atoms with Gasteiger partial charge in [0, 0.05) is 12.1 Å². The van der Waals surface area contributed by atoms with E-state index in [4.69, 9.17) is 4.74 Å². The second kappa shape index (κ2) is 15.6. The normalized spacial score (nSPS) is 17.3. The van der Waals surface area contributed by atoms with Crippen molar-refractivity contribution in [1.82, 2.24) is 15.5 Å². The summed E-state index contributed by atoms with van der Waals surface area (Å²) < 4.78 is 5.55. The Labute approximate surface area is 249 Å². The number of hydrogen-bond acceptors (Lipinski definition) is 4. The topological polar surface area (TPSA) is 87.7 Å². The molecule has 1 aliphatic carbocycles. The lowest BCUT2D eigenvalue weighted by Crippen LogP contribution is -2.58. The molecule has 1 saturated carbocycles. The monoisotopic (exact) mass is 571 g/mol. The highest BCUT2D eigenvalue weighted by molar-refractivity contribution is 5.92. The highest BCUT2D eigenvalue weighted by atomic mass is 16.6. The first-order valence-corrected chi connectivity index (χ1v) is 15.8. The molecule has 2 N–H and O–H groups in total. The number of nitrogens with one attached hydrogen (secondary N) is 2. The number of rotatable bonds is 12. The Morgan fingerprint density at radius 2 is 1.61 bits per heavy atom. The zero-order valence-electron chi connectivity index (χ0n) is 27.4. The van der Waals surface area contributed by atoms with Crippen LogP contribution in [-0.4, -0.2) is 46.5 Å². The van der Waals surface area contributed by atoms with Gasteiger partial charge in [0.15, 0.2) is 0 Å². The Kier molecular flexibility index (Phi) is 13.2. The van der Waals surface area contributed by atoms with Crippen LogP contribution in [0.3, 0.4) is 0 Å². The molecular formula is C34H57N3O4. The summed E-state index contributed by atoms with van der Waals surface area (Å²) in [7, 11) is 0. The van der Waals surface area contributed by atoms with Gasteiger partial charge in [-0.15, -0.1) is 0 Å². The van der Waals surface area contributed by atoms with Crippen molar-refractivity contribution in [3.05, 3.63) is 34.9 Å². The molecule has 1 fully saturated rings. The molecule has 7 nitrogen and oxygen atoms in total. The quantitative estimate of drug-likeness (QED) is 0.274. The summed E-state index contributed by atoms with van der Waals surface area (Å²) in [4.78, 5) is 43.6. The number of alkyl carbamates (subject to hydrolysis) is 1. The zero-order valence-corrected chi connectivity index (χ0v) is 27.4. The molecule has 0 spiro atoms. The van der Waals surface area contributed by atoms with Crippen LogP contribution < -0.4 is 10.6 Å². The average molecular weight is 572 g/mol. The fraction of sp³-hybridized carbons (Fsp3) is 0.735. The maximum atomic E-state index is 14.7. The Morgan fingerprint density at radius 3 is 2.15 bits per heavy atom. The average Bonchev–Trinajstić information content (AvgIpc) is 2.89. The van der Waals surface area contributed by atoms with Gasteiger partial charge in [-0.1, -0.05) is 71.6 Å². The minimum Gasteiger partial charge on any atom is -0.444 e. The molecule has 0 aromatic heterocycles. The Bertz CT molecular complexity index is 1010. The van der Waals surface area contributed by atoms with Crippen molar-refractivity contribution in [2.24, 2.45) is 11.8 Å². The van der Waals surface area contributed by atoms with E-state index >= 15 is 0 Å². The number of benzene rings is 1. The SMILES string of the molecule is CCC(C)C(NC(=O)OC(C)(C)C)C(=O)N(C(C)CCC(C)C)C(C(=O)NC1CCCCC1)c1ccc(C)c(C)c1. The van der Waals surface area contributed by atoms with Gasteiger partial charge in [0.05, 0.1) is 0 Å². The van der Waals surface area contributed by atoms with E-state index in [-0.39, 0.29) is 29.8 Å². The van der Waals surface area contributed by atoms with Gasteiger partial charge in [-0.3, -0.25) is 9.59 Å². The van der Waals surface area contributed by atoms with Crippen molar-refractivity contribution >= 4 is 17.9 Å². The number of aryl methyl sites for hydroxylation is 2. The number of carbonyl (C=O) groups is 3. The van der Waals surface area contributed by atoms with Gasteiger partial charge in [0.25, 0.3) is 0 Å². The van der Waals surface area contributed by atoms with Crippen LogP contribution in [0.1, 0.15) is 129 Å². The third kappa shape index (κ3) is 10.6. The summed E-state index contributed by atoms with van der Waals surface area (Å²) in [5.41, 5.74) is 2.31. The molecule has 41 heavy (non-hydrogen) atoms. The van der Waals surface area contributed by atoms with Gasteiger partial charge in [0.2, 0.25) is 11.8 Å². The molecule has 7 heteroatoms. The molecule has 232 valence electrons. The predicted molar refractivity (Wildman–Crippen MR) is 167 cm³/mol. The van der Waals surface area contributed by atoms with E-state index in [1.54, 1.807) is 25.7 Å². The maximum absolute atomic E-state index is 14.7. The second-order valence-corrected chi connectivity index (χ2v) is 13.7. The highest BCUT2D eigenvalue weighted by Crippen LogP contribution is 2.31. The van der Waals surface area contributed by atoms with E-state index in [9.17, 15) is 14.4 Å². The van der Waals surface area contributed by atoms with Gasteiger partial charge < -0.3 is 20.3 Å². The molecule has 0 saturated heterocycles. The molecule has 2 rings (SSSR count). The number of carbonyl (C=O) groups excluding carboxylic acids is 3. The molecule has 0 heterocycles. The lowest BCUT2D eigenvalue weighted by Gasteiger charge is -2.40. The summed E-state index contributed by atoms with van der Waals surface area (Å²) in [6.45, 7) is 19.8. The van der Waals surface area contributed by atoms with Gasteiger partial charge >= 0.3 is 6.09 Å². The van der Waals surface area contributed by atoms with Crippen molar-refractivity contribution < 1.29 is 19.1 Å². The van der Waals surface area contributed by atoms with E-state index in [0.29, 0.717) is 12.3 Å². The lowest BCUT2D eigenvalue weighted by atomic mass is 9.91. The molecule has 1 aromatic rings. The summed E-state index contributed by atoms with van der Waals surface area (Å²) in [6.07, 6.45) is 7.03. The van der Waals surface area contributed by atoms with Gasteiger partial charge in [-0.05, 0) is 95.8 Å². The molecule has 1 aromatic carbocycles. The molecule has 1 aliphatic rings. The van der Waals surface area contributed by atoms with Crippen molar-refractivity contribution in [2.75, 3.05) is 0 Å². The number of hydrogen-bond donors (Lipinski definition) is 2. The Hall–Kier alpha value is -2.57. The Balaban J connectivity index is 2.61. The third-order valence-electron chi connectivity index (χ3n) is 8.37. The summed E-state index contributed by atoms with van der Waals surface area (Å²) in [5, 5.41) is 6.20. The standard InChI is InChI=1S/C34H57N3O4/c1-11-23(4)29(36-33(40)41-34(8,9)10)32(39)37(26(7)19-17-22(2)3)30(27-20-18-24(5)25(6)21-27)31(38)35-28-15-13-12-14-16-28/h18,20-23,26,28-30H,11-17,19H2,1-10H3,(H,35,38)(H,36,40). The van der Waals surface area contributed by atoms with Crippen molar-refractivity contribution in [3.8, 4) is 0 Å². The van der Waals surface area contributed by atoms with Crippen LogP contribution >= 0.6 is 0 Å².